The zero-order chi connectivity index (χ0) is 27.6. The fraction of sp³-hybridized carbons (Fsp3) is 0. The van der Waals surface area contributed by atoms with Gasteiger partial charge in [-0.25, -0.2) is 15.0 Å². The van der Waals surface area contributed by atoms with E-state index in [2.05, 4.69) is 53.5 Å². The number of nitrogens with zero attached hydrogens (tertiary/aromatic N) is 4. The number of rotatable bonds is 3. The predicted molar refractivity (Wildman–Crippen MR) is 172 cm³/mol. The zero-order valence-corrected chi connectivity index (χ0v) is 23.0. The molecule has 0 N–H and O–H groups in total. The van der Waals surface area contributed by atoms with E-state index in [0.717, 1.165) is 54.1 Å². The van der Waals surface area contributed by atoms with Crippen LogP contribution >= 0.6 is 11.3 Å². The van der Waals surface area contributed by atoms with Crippen molar-refractivity contribution in [2.24, 2.45) is 0 Å². The minimum atomic E-state index is 0.612. The van der Waals surface area contributed by atoms with Gasteiger partial charge in [-0.05, 0) is 23.6 Å². The Morgan fingerprint density at radius 2 is 1.26 bits per heavy atom. The lowest BCUT2D eigenvalue weighted by Crippen LogP contribution is -2.00. The van der Waals surface area contributed by atoms with Gasteiger partial charge < -0.3 is 4.42 Å². The van der Waals surface area contributed by atoms with Gasteiger partial charge in [0.05, 0.1) is 4.70 Å². The van der Waals surface area contributed by atoms with Crippen molar-refractivity contribution in [3.63, 3.8) is 0 Å². The van der Waals surface area contributed by atoms with E-state index in [1.807, 2.05) is 73.1 Å². The molecule has 0 aliphatic rings. The first-order chi connectivity index (χ1) is 20.8. The van der Waals surface area contributed by atoms with Crippen molar-refractivity contribution in [1.29, 1.82) is 0 Å². The highest BCUT2D eigenvalue weighted by Crippen LogP contribution is 2.42. The van der Waals surface area contributed by atoms with E-state index < -0.39 is 0 Å². The molecule has 4 aromatic heterocycles. The molecule has 42 heavy (non-hydrogen) atoms. The normalized spacial score (nSPS) is 11.8. The number of fused-ring (bicyclic) bond motifs is 8. The second kappa shape index (κ2) is 9.03. The smallest absolute Gasteiger partial charge is 0.164 e. The van der Waals surface area contributed by atoms with Crippen molar-refractivity contribution in [3.05, 3.63) is 122 Å². The van der Waals surface area contributed by atoms with Crippen LogP contribution in [0.2, 0.25) is 0 Å². The van der Waals surface area contributed by atoms with Gasteiger partial charge in [-0.15, -0.1) is 11.3 Å². The lowest BCUT2D eigenvalue weighted by atomic mass is 10.0. The van der Waals surface area contributed by atoms with E-state index >= 15 is 0 Å². The molecule has 9 rings (SSSR count). The van der Waals surface area contributed by atoms with Gasteiger partial charge in [0.25, 0.3) is 0 Å². The van der Waals surface area contributed by atoms with Crippen molar-refractivity contribution in [2.75, 3.05) is 0 Å². The van der Waals surface area contributed by atoms with Crippen molar-refractivity contribution in [2.45, 2.75) is 0 Å². The second-order valence-corrected chi connectivity index (χ2v) is 11.3. The Bertz CT molecular complexity index is 2480. The van der Waals surface area contributed by atoms with E-state index in [9.17, 15) is 0 Å². The largest absolute Gasteiger partial charge is 0.456 e. The Balaban J connectivity index is 1.38. The van der Waals surface area contributed by atoms with Gasteiger partial charge in [-0.2, -0.15) is 0 Å². The summed E-state index contributed by atoms with van der Waals surface area (Å²) in [7, 11) is 0. The van der Waals surface area contributed by atoms with Crippen LogP contribution in [0.25, 0.3) is 87.0 Å². The second-order valence-electron chi connectivity index (χ2n) is 10.3. The summed E-state index contributed by atoms with van der Waals surface area (Å²) in [6.07, 6.45) is 3.80. The number of pyridine rings is 1. The molecule has 0 unspecified atom stereocenters. The standard InChI is InChI=1S/C36H20N4OS/c1-2-8-22(9-3-1)34-38-35(40-36(39-34)27-13-7-15-29-32(27)25-11-4-5-14-28(25)41-29)26-12-6-10-21-16-17-24-23-18-19-37-20-30(23)42-33(24)31(21)26/h1-20H. The highest BCUT2D eigenvalue weighted by atomic mass is 32.1. The summed E-state index contributed by atoms with van der Waals surface area (Å²) in [6, 6.07) is 37.1. The maximum atomic E-state index is 6.20. The van der Waals surface area contributed by atoms with Crippen LogP contribution in [0.5, 0.6) is 0 Å². The fourth-order valence-electron chi connectivity index (χ4n) is 5.94. The van der Waals surface area contributed by atoms with E-state index in [1.54, 1.807) is 11.3 Å². The number of aromatic nitrogens is 4. The lowest BCUT2D eigenvalue weighted by Gasteiger charge is -2.11. The summed E-state index contributed by atoms with van der Waals surface area (Å²) >= 11 is 1.76. The molecule has 0 atom stereocenters. The molecule has 4 heterocycles. The molecule has 9 aromatic rings. The topological polar surface area (TPSA) is 64.7 Å². The summed E-state index contributed by atoms with van der Waals surface area (Å²) in [5.41, 5.74) is 4.47. The van der Waals surface area contributed by atoms with Crippen LogP contribution in [0.1, 0.15) is 0 Å². The van der Waals surface area contributed by atoms with Crippen LogP contribution < -0.4 is 0 Å². The van der Waals surface area contributed by atoms with Crippen LogP contribution in [0.3, 0.4) is 0 Å². The number of para-hydroxylation sites is 1. The molecule has 196 valence electrons. The molecule has 5 nitrogen and oxygen atoms in total. The molecule has 5 aromatic carbocycles. The summed E-state index contributed by atoms with van der Waals surface area (Å²) in [5.74, 6) is 1.88. The number of thiophene rings is 1. The Hall–Kier alpha value is -5.46. The van der Waals surface area contributed by atoms with Crippen LogP contribution in [-0.4, -0.2) is 19.9 Å². The highest BCUT2D eigenvalue weighted by molar-refractivity contribution is 7.26. The molecule has 0 bridgehead atoms. The third-order valence-electron chi connectivity index (χ3n) is 7.84. The number of hydrogen-bond donors (Lipinski definition) is 0. The average molecular weight is 557 g/mol. The number of hydrogen-bond acceptors (Lipinski definition) is 6. The molecule has 6 heteroatoms. The molecule has 0 radical (unpaired) electrons. The van der Waals surface area contributed by atoms with Gasteiger partial charge in [-0.1, -0.05) is 91.0 Å². The van der Waals surface area contributed by atoms with Crippen molar-refractivity contribution < 1.29 is 4.42 Å². The molecular weight excluding hydrogens is 536 g/mol. The zero-order valence-electron chi connectivity index (χ0n) is 22.2. The Kier molecular flexibility index (Phi) is 5.00. The minimum absolute atomic E-state index is 0.612. The van der Waals surface area contributed by atoms with Crippen molar-refractivity contribution in [3.8, 4) is 34.2 Å². The molecule has 0 fully saturated rings. The van der Waals surface area contributed by atoms with Crippen LogP contribution in [-0.2, 0) is 0 Å². The molecule has 0 spiro atoms. The first-order valence-electron chi connectivity index (χ1n) is 13.7. The van der Waals surface area contributed by atoms with Gasteiger partial charge in [-0.3, -0.25) is 4.98 Å². The Morgan fingerprint density at radius 3 is 2.14 bits per heavy atom. The highest BCUT2D eigenvalue weighted by Gasteiger charge is 2.20. The van der Waals surface area contributed by atoms with Crippen LogP contribution in [0.15, 0.2) is 126 Å². The van der Waals surface area contributed by atoms with Crippen molar-refractivity contribution in [1.82, 2.24) is 19.9 Å². The van der Waals surface area contributed by atoms with Crippen LogP contribution in [0.4, 0.5) is 0 Å². The first-order valence-corrected chi connectivity index (χ1v) is 14.5. The summed E-state index contributed by atoms with van der Waals surface area (Å²) in [4.78, 5) is 19.7. The van der Waals surface area contributed by atoms with Crippen LogP contribution in [0, 0.1) is 0 Å². The van der Waals surface area contributed by atoms with E-state index in [-0.39, 0.29) is 0 Å². The molecule has 0 saturated heterocycles. The Labute approximate surface area is 243 Å². The maximum absolute atomic E-state index is 6.20. The fourth-order valence-corrected chi connectivity index (χ4v) is 7.18. The van der Waals surface area contributed by atoms with Gasteiger partial charge in [0.1, 0.15) is 11.2 Å². The summed E-state index contributed by atoms with van der Waals surface area (Å²) in [5, 5.41) is 6.75. The first kappa shape index (κ1) is 23.3. The Morgan fingerprint density at radius 1 is 0.524 bits per heavy atom. The summed E-state index contributed by atoms with van der Waals surface area (Å²) < 4.78 is 8.57. The van der Waals surface area contributed by atoms with E-state index in [4.69, 9.17) is 19.4 Å². The molecular formula is C36H20N4OS. The van der Waals surface area contributed by atoms with Gasteiger partial charge >= 0.3 is 0 Å². The monoisotopic (exact) mass is 556 g/mol. The average Bonchev–Trinajstić information content (AvgIpc) is 3.63. The van der Waals surface area contributed by atoms with Gasteiger partial charge in [0.15, 0.2) is 17.5 Å². The SMILES string of the molecule is c1ccc(-c2nc(-c3cccc4oc5ccccc5c34)nc(-c3cccc4ccc5c6ccncc6sc5c34)n2)cc1. The number of benzene rings is 5. The number of furan rings is 1. The quantitative estimate of drug-likeness (QED) is 0.217. The van der Waals surface area contributed by atoms with Gasteiger partial charge in [0.2, 0.25) is 0 Å². The summed E-state index contributed by atoms with van der Waals surface area (Å²) in [6.45, 7) is 0. The lowest BCUT2D eigenvalue weighted by molar-refractivity contribution is 0.669. The molecule has 0 amide bonds. The van der Waals surface area contributed by atoms with Gasteiger partial charge in [0, 0.05) is 60.7 Å². The van der Waals surface area contributed by atoms with E-state index in [0.29, 0.717) is 17.5 Å². The minimum Gasteiger partial charge on any atom is -0.456 e. The third-order valence-corrected chi connectivity index (χ3v) is 9.01. The molecule has 0 aliphatic heterocycles. The molecule has 0 saturated carbocycles. The van der Waals surface area contributed by atoms with Crippen molar-refractivity contribution >= 4 is 64.2 Å². The third kappa shape index (κ3) is 3.49. The van der Waals surface area contributed by atoms with E-state index in [1.165, 1.54) is 15.5 Å². The molecule has 0 aliphatic carbocycles. The maximum Gasteiger partial charge on any atom is 0.164 e. The predicted octanol–water partition coefficient (Wildman–Crippen LogP) is 9.69.